The van der Waals surface area contributed by atoms with E-state index in [0.717, 1.165) is 11.1 Å². The first-order valence-corrected chi connectivity index (χ1v) is 9.41. The van der Waals surface area contributed by atoms with Crippen molar-refractivity contribution >= 4 is 6.21 Å². The highest BCUT2D eigenvalue weighted by molar-refractivity contribution is 5.85. The summed E-state index contributed by atoms with van der Waals surface area (Å²) in [5, 5.41) is 10.8. The molecule has 2 rings (SSSR count). The number of aromatic hydroxyl groups is 1. The van der Waals surface area contributed by atoms with Crippen molar-refractivity contribution in [1.82, 2.24) is 0 Å². The lowest BCUT2D eigenvalue weighted by atomic mass is 9.79. The summed E-state index contributed by atoms with van der Waals surface area (Å²) >= 11 is 0. The van der Waals surface area contributed by atoms with Gasteiger partial charge in [0.25, 0.3) is 0 Å². The number of rotatable bonds is 2. The van der Waals surface area contributed by atoms with E-state index in [1.807, 2.05) is 6.21 Å². The van der Waals surface area contributed by atoms with Crippen molar-refractivity contribution in [3.05, 3.63) is 28.8 Å². The van der Waals surface area contributed by atoms with E-state index in [1.54, 1.807) is 0 Å². The van der Waals surface area contributed by atoms with Crippen molar-refractivity contribution in [3.8, 4) is 5.75 Å². The first kappa shape index (κ1) is 19.0. The molecule has 24 heavy (non-hydrogen) atoms. The van der Waals surface area contributed by atoms with Gasteiger partial charge in [-0.25, -0.2) is 0 Å². The van der Waals surface area contributed by atoms with E-state index in [9.17, 15) is 5.11 Å². The molecule has 1 aliphatic rings. The first-order valence-electron chi connectivity index (χ1n) is 9.41. The summed E-state index contributed by atoms with van der Waals surface area (Å²) in [4.78, 5) is 4.86. The minimum absolute atomic E-state index is 0.0500. The van der Waals surface area contributed by atoms with Gasteiger partial charge in [-0.05, 0) is 41.2 Å². The SMILES string of the molecule is C[C@@H]1CCCC[C@H]1N=Cc1cc(C(C)(C)C)cc(C(C)(C)C)c1O. The predicted octanol–water partition coefficient (Wildman–Crippen LogP) is 5.98. The monoisotopic (exact) mass is 329 g/mol. The molecule has 0 bridgehead atoms. The fourth-order valence-corrected chi connectivity index (χ4v) is 3.45. The Balaban J connectivity index is 2.44. The molecule has 2 nitrogen and oxygen atoms in total. The molecule has 0 amide bonds. The van der Waals surface area contributed by atoms with Crippen LogP contribution in [-0.2, 0) is 10.8 Å². The Morgan fingerprint density at radius 3 is 2.17 bits per heavy atom. The summed E-state index contributed by atoms with van der Waals surface area (Å²) in [6, 6.07) is 4.67. The van der Waals surface area contributed by atoms with Crippen LogP contribution in [0, 0.1) is 5.92 Å². The van der Waals surface area contributed by atoms with E-state index in [1.165, 1.54) is 31.2 Å². The molecule has 1 aromatic carbocycles. The van der Waals surface area contributed by atoms with Crippen LogP contribution in [0.3, 0.4) is 0 Å². The van der Waals surface area contributed by atoms with Crippen molar-refractivity contribution < 1.29 is 5.11 Å². The summed E-state index contributed by atoms with van der Waals surface area (Å²) in [7, 11) is 0. The molecule has 0 saturated heterocycles. The quantitative estimate of drug-likeness (QED) is 0.665. The predicted molar refractivity (Wildman–Crippen MR) is 105 cm³/mol. The standard InChI is InChI=1S/C22H35NO/c1-15-10-8-9-11-19(15)23-14-16-12-17(21(2,3)4)13-18(20(16)24)22(5,6)7/h12-15,19,24H,8-11H2,1-7H3/t15-,19-/m1/s1. The molecule has 134 valence electrons. The lowest BCUT2D eigenvalue weighted by molar-refractivity contribution is 0.333. The molecule has 0 radical (unpaired) electrons. The maximum Gasteiger partial charge on any atom is 0.128 e. The highest BCUT2D eigenvalue weighted by Gasteiger charge is 2.25. The molecule has 1 saturated carbocycles. The van der Waals surface area contributed by atoms with Gasteiger partial charge in [-0.3, -0.25) is 4.99 Å². The van der Waals surface area contributed by atoms with Crippen LogP contribution in [0.5, 0.6) is 5.75 Å². The Morgan fingerprint density at radius 1 is 1.00 bits per heavy atom. The fourth-order valence-electron chi connectivity index (χ4n) is 3.45. The van der Waals surface area contributed by atoms with E-state index in [4.69, 9.17) is 4.99 Å². The minimum atomic E-state index is -0.0912. The zero-order chi connectivity index (χ0) is 18.1. The molecular weight excluding hydrogens is 294 g/mol. The normalized spacial score (nSPS) is 23.0. The van der Waals surface area contributed by atoms with Gasteiger partial charge in [0.2, 0.25) is 0 Å². The molecule has 1 aromatic rings. The molecule has 0 aliphatic heterocycles. The minimum Gasteiger partial charge on any atom is -0.507 e. The van der Waals surface area contributed by atoms with Crippen molar-refractivity contribution in [2.24, 2.45) is 10.9 Å². The van der Waals surface area contributed by atoms with Crippen LogP contribution < -0.4 is 0 Å². The lowest BCUT2D eigenvalue weighted by Crippen LogP contribution is -2.21. The second-order valence-corrected chi connectivity index (χ2v) is 9.57. The van der Waals surface area contributed by atoms with Crippen LogP contribution in [0.4, 0.5) is 0 Å². The van der Waals surface area contributed by atoms with Gasteiger partial charge in [-0.1, -0.05) is 67.4 Å². The van der Waals surface area contributed by atoms with Crippen LogP contribution in [-0.4, -0.2) is 17.4 Å². The maximum atomic E-state index is 10.8. The molecule has 0 heterocycles. The summed E-state index contributed by atoms with van der Waals surface area (Å²) < 4.78 is 0. The number of benzene rings is 1. The van der Waals surface area contributed by atoms with Crippen LogP contribution in [0.15, 0.2) is 17.1 Å². The third kappa shape index (κ3) is 4.40. The van der Waals surface area contributed by atoms with E-state index >= 15 is 0 Å². The largest absolute Gasteiger partial charge is 0.507 e. The summed E-state index contributed by atoms with van der Waals surface area (Å²) in [5.41, 5.74) is 3.09. The van der Waals surface area contributed by atoms with E-state index in [-0.39, 0.29) is 10.8 Å². The van der Waals surface area contributed by atoms with E-state index in [0.29, 0.717) is 17.7 Å². The van der Waals surface area contributed by atoms with Gasteiger partial charge < -0.3 is 5.11 Å². The average molecular weight is 330 g/mol. The summed E-state index contributed by atoms with van der Waals surface area (Å²) in [6.45, 7) is 15.4. The van der Waals surface area contributed by atoms with Crippen LogP contribution in [0.2, 0.25) is 0 Å². The topological polar surface area (TPSA) is 32.6 Å². The van der Waals surface area contributed by atoms with Crippen LogP contribution >= 0.6 is 0 Å². The number of phenols is 1. The van der Waals surface area contributed by atoms with Crippen molar-refractivity contribution in [3.63, 3.8) is 0 Å². The van der Waals surface area contributed by atoms with Gasteiger partial charge in [0.1, 0.15) is 5.75 Å². The smallest absolute Gasteiger partial charge is 0.128 e. The highest BCUT2D eigenvalue weighted by Crippen LogP contribution is 2.37. The fraction of sp³-hybridized carbons (Fsp3) is 0.682. The Kier molecular flexibility index (Phi) is 5.47. The molecule has 0 unspecified atom stereocenters. The van der Waals surface area contributed by atoms with E-state index in [2.05, 4.69) is 60.6 Å². The zero-order valence-corrected chi connectivity index (χ0v) is 16.6. The summed E-state index contributed by atoms with van der Waals surface area (Å²) in [6.07, 6.45) is 6.96. The van der Waals surface area contributed by atoms with Crippen LogP contribution in [0.25, 0.3) is 0 Å². The first-order chi connectivity index (χ1) is 11.0. The Labute approximate surface area is 148 Å². The van der Waals surface area contributed by atoms with Crippen molar-refractivity contribution in [2.75, 3.05) is 0 Å². The van der Waals surface area contributed by atoms with Gasteiger partial charge in [0.05, 0.1) is 6.04 Å². The third-order valence-electron chi connectivity index (χ3n) is 5.28. The highest BCUT2D eigenvalue weighted by atomic mass is 16.3. The number of nitrogens with zero attached hydrogens (tertiary/aromatic N) is 1. The Hall–Kier alpha value is -1.31. The number of hydrogen-bond donors (Lipinski definition) is 1. The Bertz CT molecular complexity index is 602. The van der Waals surface area contributed by atoms with Gasteiger partial charge in [0.15, 0.2) is 0 Å². The van der Waals surface area contributed by atoms with Crippen molar-refractivity contribution in [1.29, 1.82) is 0 Å². The molecular formula is C22H35NO. The molecule has 2 heteroatoms. The third-order valence-corrected chi connectivity index (χ3v) is 5.28. The second-order valence-electron chi connectivity index (χ2n) is 9.57. The van der Waals surface area contributed by atoms with Gasteiger partial charge in [-0.15, -0.1) is 0 Å². The second kappa shape index (κ2) is 6.90. The number of aliphatic imine (C=N–C) groups is 1. The Morgan fingerprint density at radius 2 is 1.62 bits per heavy atom. The lowest BCUT2D eigenvalue weighted by Gasteiger charge is -2.27. The maximum absolute atomic E-state index is 10.8. The van der Waals surface area contributed by atoms with Gasteiger partial charge >= 0.3 is 0 Å². The number of phenolic OH excluding ortho intramolecular Hbond substituents is 1. The average Bonchev–Trinajstić information content (AvgIpc) is 2.45. The molecule has 1 N–H and O–H groups in total. The van der Waals surface area contributed by atoms with Gasteiger partial charge in [-0.2, -0.15) is 0 Å². The molecule has 1 fully saturated rings. The van der Waals surface area contributed by atoms with Crippen LogP contribution in [0.1, 0.15) is 90.8 Å². The molecule has 0 aromatic heterocycles. The molecule has 2 atom stereocenters. The van der Waals surface area contributed by atoms with Crippen molar-refractivity contribution in [2.45, 2.75) is 91.0 Å². The summed E-state index contributed by atoms with van der Waals surface area (Å²) in [5.74, 6) is 1.03. The number of hydrogen-bond acceptors (Lipinski definition) is 2. The molecule has 0 spiro atoms. The molecule has 1 aliphatic carbocycles. The van der Waals surface area contributed by atoms with E-state index < -0.39 is 0 Å². The van der Waals surface area contributed by atoms with Gasteiger partial charge in [0, 0.05) is 17.3 Å². The zero-order valence-electron chi connectivity index (χ0n) is 16.6.